The van der Waals surface area contributed by atoms with Crippen molar-refractivity contribution < 1.29 is 18.2 Å². The summed E-state index contributed by atoms with van der Waals surface area (Å²) in [5.41, 5.74) is 7.30. The summed E-state index contributed by atoms with van der Waals surface area (Å²) in [6, 6.07) is 3.36. The lowest BCUT2D eigenvalue weighted by Gasteiger charge is -2.14. The Bertz CT molecular complexity index is 1100. The molecule has 1 unspecified atom stereocenters. The fourth-order valence-corrected chi connectivity index (χ4v) is 3.06. The number of nitrogen functional groups attached to an aromatic ring is 1. The molecule has 0 aliphatic carbocycles. The second kappa shape index (κ2) is 11.1. The number of aryl methyl sites for hydroxylation is 1. The van der Waals surface area contributed by atoms with E-state index in [9.17, 15) is 8.76 Å². The Kier molecular flexibility index (Phi) is 8.19. The Morgan fingerprint density at radius 2 is 2.00 bits per heavy atom. The van der Waals surface area contributed by atoms with Crippen LogP contribution in [0.3, 0.4) is 0 Å². The third-order valence-electron chi connectivity index (χ3n) is 3.98. The Hall–Kier alpha value is -2.97. The zero-order chi connectivity index (χ0) is 23.1. The maximum Gasteiger partial charge on any atom is 0.223 e. The van der Waals surface area contributed by atoms with Crippen molar-refractivity contribution in [3.63, 3.8) is 0 Å². The van der Waals surface area contributed by atoms with E-state index in [0.717, 1.165) is 0 Å². The van der Waals surface area contributed by atoms with E-state index in [1.54, 1.807) is 26.2 Å². The number of ether oxygens (including phenoxy) is 2. The Morgan fingerprint density at radius 1 is 1.19 bits per heavy atom. The molecule has 32 heavy (non-hydrogen) atoms. The van der Waals surface area contributed by atoms with Crippen LogP contribution in [0.15, 0.2) is 24.5 Å². The fraction of sp³-hybridized carbons (Fsp3) is 0.278. The van der Waals surface area contributed by atoms with Crippen molar-refractivity contribution in [2.45, 2.75) is 13.5 Å². The number of hydrogen-bond acceptors (Lipinski definition) is 11. The third-order valence-corrected chi connectivity index (χ3v) is 4.70. The summed E-state index contributed by atoms with van der Waals surface area (Å²) in [4.78, 5) is 21.1. The SMILES string of the molecule is COCCOc1cnc(Nc2cnc(Cl)c(CNS(=O)[O-])c2)c(-c2nc(C)nc(N)n2)c1. The van der Waals surface area contributed by atoms with Gasteiger partial charge in [0.15, 0.2) is 5.82 Å². The monoisotopic (exact) mass is 479 g/mol. The summed E-state index contributed by atoms with van der Waals surface area (Å²) in [5.74, 6) is 1.68. The molecule has 0 radical (unpaired) electrons. The molecule has 3 heterocycles. The average molecular weight is 480 g/mol. The number of nitrogens with zero attached hydrogens (tertiary/aromatic N) is 5. The van der Waals surface area contributed by atoms with Crippen LogP contribution in [0.2, 0.25) is 5.15 Å². The number of anilines is 3. The number of nitrogens with one attached hydrogen (secondary N) is 2. The van der Waals surface area contributed by atoms with E-state index < -0.39 is 11.3 Å². The van der Waals surface area contributed by atoms with E-state index in [-0.39, 0.29) is 17.6 Å². The van der Waals surface area contributed by atoms with Gasteiger partial charge < -0.3 is 25.1 Å². The lowest BCUT2D eigenvalue weighted by Crippen LogP contribution is -2.16. The predicted molar refractivity (Wildman–Crippen MR) is 118 cm³/mol. The summed E-state index contributed by atoms with van der Waals surface area (Å²) >= 11 is 3.63. The van der Waals surface area contributed by atoms with Gasteiger partial charge in [0.2, 0.25) is 5.95 Å². The number of pyridine rings is 2. The highest BCUT2D eigenvalue weighted by atomic mass is 35.5. The van der Waals surface area contributed by atoms with Gasteiger partial charge in [-0.15, -0.1) is 0 Å². The van der Waals surface area contributed by atoms with Gasteiger partial charge in [-0.3, -0.25) is 4.21 Å². The number of methoxy groups -OCH3 is 1. The molecule has 3 aromatic rings. The molecule has 0 aliphatic heterocycles. The van der Waals surface area contributed by atoms with Gasteiger partial charge in [0, 0.05) is 30.5 Å². The second-order valence-corrected chi connectivity index (χ2v) is 7.44. The van der Waals surface area contributed by atoms with Gasteiger partial charge in [0.1, 0.15) is 29.2 Å². The molecular weight excluding hydrogens is 460 g/mol. The zero-order valence-corrected chi connectivity index (χ0v) is 18.7. The van der Waals surface area contributed by atoms with Crippen molar-refractivity contribution >= 4 is 40.3 Å². The number of halogens is 1. The first-order valence-corrected chi connectivity index (χ1v) is 10.7. The van der Waals surface area contributed by atoms with Crippen LogP contribution in [-0.2, 0) is 22.5 Å². The van der Waals surface area contributed by atoms with E-state index in [4.69, 9.17) is 26.8 Å². The van der Waals surface area contributed by atoms with Crippen LogP contribution in [0, 0.1) is 6.92 Å². The first-order chi connectivity index (χ1) is 15.4. The topological polar surface area (TPSA) is 173 Å². The molecule has 0 fully saturated rings. The number of rotatable bonds is 10. The Balaban J connectivity index is 1.96. The second-order valence-electron chi connectivity index (χ2n) is 6.33. The highest BCUT2D eigenvalue weighted by Gasteiger charge is 2.15. The van der Waals surface area contributed by atoms with E-state index in [1.165, 1.54) is 12.4 Å². The van der Waals surface area contributed by atoms with Crippen LogP contribution in [-0.4, -0.2) is 54.0 Å². The number of aromatic nitrogens is 5. The minimum absolute atomic E-state index is 0.0206. The maximum atomic E-state index is 10.8. The van der Waals surface area contributed by atoms with E-state index in [0.29, 0.717) is 53.2 Å². The Labute approximate surface area is 191 Å². The summed E-state index contributed by atoms with van der Waals surface area (Å²) < 4.78 is 34.5. The van der Waals surface area contributed by atoms with Crippen LogP contribution >= 0.6 is 11.6 Å². The lowest BCUT2D eigenvalue weighted by molar-refractivity contribution is 0.146. The highest BCUT2D eigenvalue weighted by Crippen LogP contribution is 2.30. The zero-order valence-electron chi connectivity index (χ0n) is 17.2. The first kappa shape index (κ1) is 23.7. The minimum Gasteiger partial charge on any atom is -0.760 e. The van der Waals surface area contributed by atoms with Gasteiger partial charge in [-0.1, -0.05) is 11.6 Å². The minimum atomic E-state index is -2.43. The third kappa shape index (κ3) is 6.51. The molecule has 0 aromatic carbocycles. The molecule has 170 valence electrons. The van der Waals surface area contributed by atoms with Crippen LogP contribution in [0.25, 0.3) is 11.4 Å². The Morgan fingerprint density at radius 3 is 2.72 bits per heavy atom. The van der Waals surface area contributed by atoms with Crippen molar-refractivity contribution in [2.24, 2.45) is 0 Å². The standard InChI is InChI=1S/C18H21ClN8O4S/c1-10-24-17(27-18(20)25-10)14-6-13(31-4-3-30-2)9-22-16(14)26-12-5-11(7-23-32(28)29)15(19)21-8-12/h5-6,8-9,23H,3-4,7H2,1-2H3,(H,22,26)(H,28,29)(H2,20,24,25,27)/p-1. The summed E-state index contributed by atoms with van der Waals surface area (Å²) in [5, 5.41) is 3.29. The smallest absolute Gasteiger partial charge is 0.223 e. The molecule has 0 saturated heterocycles. The molecule has 0 saturated carbocycles. The molecular formula is C18H20ClN8O4S-. The average Bonchev–Trinajstić information content (AvgIpc) is 2.74. The fourth-order valence-electron chi connectivity index (χ4n) is 2.62. The van der Waals surface area contributed by atoms with Crippen molar-refractivity contribution in [1.29, 1.82) is 0 Å². The summed E-state index contributed by atoms with van der Waals surface area (Å²) in [6.45, 7) is 2.42. The molecule has 3 aromatic heterocycles. The van der Waals surface area contributed by atoms with Crippen LogP contribution < -0.4 is 20.5 Å². The first-order valence-electron chi connectivity index (χ1n) is 9.20. The number of hydrogen-bond donors (Lipinski definition) is 3. The van der Waals surface area contributed by atoms with Gasteiger partial charge in [-0.25, -0.2) is 19.7 Å². The van der Waals surface area contributed by atoms with Crippen LogP contribution in [0.5, 0.6) is 5.75 Å². The van der Waals surface area contributed by atoms with Crippen LogP contribution in [0.1, 0.15) is 11.4 Å². The van der Waals surface area contributed by atoms with E-state index in [1.807, 2.05) is 0 Å². The van der Waals surface area contributed by atoms with Gasteiger partial charge in [-0.05, 0) is 19.1 Å². The normalized spacial score (nSPS) is 11.9. The van der Waals surface area contributed by atoms with Crippen molar-refractivity contribution in [1.82, 2.24) is 29.6 Å². The highest BCUT2D eigenvalue weighted by molar-refractivity contribution is 7.77. The molecule has 4 N–H and O–H groups in total. The summed E-state index contributed by atoms with van der Waals surface area (Å²) in [7, 11) is 1.58. The van der Waals surface area contributed by atoms with Crippen molar-refractivity contribution in [2.75, 3.05) is 31.4 Å². The molecule has 0 amide bonds. The largest absolute Gasteiger partial charge is 0.760 e. The quantitative estimate of drug-likeness (QED) is 0.218. The van der Waals surface area contributed by atoms with Gasteiger partial charge >= 0.3 is 0 Å². The molecule has 1 atom stereocenters. The lowest BCUT2D eigenvalue weighted by atomic mass is 10.2. The molecule has 0 spiro atoms. The number of nitrogens with two attached hydrogens (primary N) is 1. The van der Waals surface area contributed by atoms with Crippen molar-refractivity contribution in [3.8, 4) is 17.1 Å². The molecule has 0 aliphatic rings. The van der Waals surface area contributed by atoms with E-state index in [2.05, 4.69) is 35.0 Å². The molecule has 14 heteroatoms. The van der Waals surface area contributed by atoms with Crippen LogP contribution in [0.4, 0.5) is 17.5 Å². The van der Waals surface area contributed by atoms with E-state index >= 15 is 0 Å². The maximum absolute atomic E-state index is 10.8. The van der Waals surface area contributed by atoms with Gasteiger partial charge in [0.05, 0.1) is 30.3 Å². The predicted octanol–water partition coefficient (Wildman–Crippen LogP) is 1.53. The molecule has 12 nitrogen and oxygen atoms in total. The molecule has 3 rings (SSSR count). The van der Waals surface area contributed by atoms with Crippen molar-refractivity contribution in [3.05, 3.63) is 41.1 Å². The molecule has 0 bridgehead atoms. The summed E-state index contributed by atoms with van der Waals surface area (Å²) in [6.07, 6.45) is 3.02. The van der Waals surface area contributed by atoms with Gasteiger partial charge in [-0.2, -0.15) is 9.97 Å². The van der Waals surface area contributed by atoms with Gasteiger partial charge in [0.25, 0.3) is 0 Å².